The second-order valence-electron chi connectivity index (χ2n) is 1.46. The van der Waals surface area contributed by atoms with Crippen LogP contribution in [0.15, 0.2) is 4.79 Å². The Hall–Kier alpha value is -0.550. The first-order valence-corrected chi connectivity index (χ1v) is 3.81. The molecule has 1 heterocycles. The van der Waals surface area contributed by atoms with E-state index < -0.39 is 0 Å². The molecule has 0 atom stereocenters. The minimum atomic E-state index is -0.202. The minimum Gasteiger partial charge on any atom is -0.472 e. The molecule has 0 radical (unpaired) electrons. The molecule has 0 saturated heterocycles. The van der Waals surface area contributed by atoms with E-state index in [1.165, 1.54) is 7.11 Å². The van der Waals surface area contributed by atoms with Crippen LogP contribution in [0.4, 0.5) is 0 Å². The van der Waals surface area contributed by atoms with Crippen molar-refractivity contribution in [2.75, 3.05) is 7.11 Å². The first-order chi connectivity index (χ1) is 4.77. The summed E-state index contributed by atoms with van der Waals surface area (Å²) in [6.07, 6.45) is 0. The van der Waals surface area contributed by atoms with Crippen molar-refractivity contribution in [3.8, 4) is 5.19 Å². The van der Waals surface area contributed by atoms with Gasteiger partial charge < -0.3 is 4.74 Å². The molecule has 0 aromatic carbocycles. The molecule has 0 fully saturated rings. The maximum absolute atomic E-state index is 10.8. The van der Waals surface area contributed by atoms with Gasteiger partial charge in [-0.2, -0.15) is 0 Å². The number of hydrogen-bond donors (Lipinski definition) is 0. The van der Waals surface area contributed by atoms with Gasteiger partial charge in [0.15, 0.2) is 0 Å². The van der Waals surface area contributed by atoms with Crippen LogP contribution in [-0.4, -0.2) is 16.9 Å². The average molecular weight is 181 g/mol. The molecule has 0 N–H and O–H groups in total. The third-order valence-corrected chi connectivity index (χ3v) is 1.91. The predicted molar refractivity (Wildman–Crippen MR) is 38.8 cm³/mol. The molecule has 56 valence electrons. The molecule has 1 rings (SSSR count). The van der Waals surface area contributed by atoms with E-state index in [-0.39, 0.29) is 10.9 Å². The molecule has 0 unspecified atom stereocenters. The summed E-state index contributed by atoms with van der Waals surface area (Å²) < 4.78 is 5.84. The number of hydrogen-bond acceptors (Lipinski definition) is 4. The third kappa shape index (κ3) is 1.30. The monoisotopic (exact) mass is 180 g/mol. The van der Waals surface area contributed by atoms with Gasteiger partial charge in [-0.15, -0.1) is 16.7 Å². The zero-order valence-electron chi connectivity index (χ0n) is 5.20. The van der Waals surface area contributed by atoms with Crippen molar-refractivity contribution in [2.24, 2.45) is 0 Å². The van der Waals surface area contributed by atoms with Crippen molar-refractivity contribution < 1.29 is 4.74 Å². The zero-order valence-corrected chi connectivity index (χ0v) is 6.78. The molecule has 10 heavy (non-hydrogen) atoms. The van der Waals surface area contributed by atoms with Gasteiger partial charge in [-0.05, 0) is 11.3 Å². The van der Waals surface area contributed by atoms with Crippen LogP contribution in [0.3, 0.4) is 0 Å². The average Bonchev–Trinajstić information content (AvgIpc) is 2.30. The van der Waals surface area contributed by atoms with E-state index in [9.17, 15) is 4.79 Å². The smallest absolute Gasteiger partial charge is 0.329 e. The molecule has 0 aliphatic heterocycles. The second kappa shape index (κ2) is 3.03. The molecule has 1 aromatic heterocycles. The highest BCUT2D eigenvalue weighted by Crippen LogP contribution is 2.07. The molecule has 4 nitrogen and oxygen atoms in total. The van der Waals surface area contributed by atoms with Crippen LogP contribution >= 0.6 is 22.9 Å². The fraction of sp³-hybridized carbons (Fsp3) is 0.500. The first kappa shape index (κ1) is 7.56. The lowest BCUT2D eigenvalue weighted by molar-refractivity contribution is 0.400. The Labute approximate surface area is 66.0 Å². The van der Waals surface area contributed by atoms with Crippen molar-refractivity contribution in [1.29, 1.82) is 0 Å². The maximum atomic E-state index is 10.8. The van der Waals surface area contributed by atoms with Crippen molar-refractivity contribution >= 4 is 22.9 Å². The molecule has 1 aromatic rings. The number of rotatable bonds is 2. The van der Waals surface area contributed by atoms with Gasteiger partial charge in [-0.1, -0.05) is 0 Å². The first-order valence-electron chi connectivity index (χ1n) is 2.46. The van der Waals surface area contributed by atoms with Crippen LogP contribution in [0.1, 0.15) is 0 Å². The van der Waals surface area contributed by atoms with Crippen LogP contribution in [0.5, 0.6) is 5.19 Å². The highest BCUT2D eigenvalue weighted by atomic mass is 35.5. The third-order valence-electron chi connectivity index (χ3n) is 0.876. The van der Waals surface area contributed by atoms with Crippen LogP contribution in [0.2, 0.25) is 0 Å². The van der Waals surface area contributed by atoms with Gasteiger partial charge >= 0.3 is 4.87 Å². The lowest BCUT2D eigenvalue weighted by Crippen LogP contribution is -2.11. The molecular weight excluding hydrogens is 176 g/mol. The summed E-state index contributed by atoms with van der Waals surface area (Å²) in [7, 11) is 1.46. The summed E-state index contributed by atoms with van der Waals surface area (Å²) in [5.74, 6) is 0. The highest BCUT2D eigenvalue weighted by Gasteiger charge is 2.02. The van der Waals surface area contributed by atoms with E-state index in [1.54, 1.807) is 0 Å². The Morgan fingerprint density at radius 2 is 2.60 bits per heavy atom. The number of nitrogens with zero attached hydrogens (tertiary/aromatic N) is 2. The largest absolute Gasteiger partial charge is 0.472 e. The highest BCUT2D eigenvalue weighted by molar-refractivity contribution is 7.10. The van der Waals surface area contributed by atoms with Crippen LogP contribution < -0.4 is 9.61 Å². The van der Waals surface area contributed by atoms with Gasteiger partial charge in [0.25, 0.3) is 5.19 Å². The summed E-state index contributed by atoms with van der Waals surface area (Å²) >= 11 is 6.28. The fourth-order valence-corrected chi connectivity index (χ4v) is 1.26. The number of halogens is 1. The van der Waals surface area contributed by atoms with Gasteiger partial charge in [-0.3, -0.25) is 4.79 Å². The van der Waals surface area contributed by atoms with Gasteiger partial charge in [-0.25, -0.2) is 4.68 Å². The Bertz CT molecular complexity index is 268. The summed E-state index contributed by atoms with van der Waals surface area (Å²) in [5, 5.41) is 4.05. The number of aromatic nitrogens is 2. The van der Waals surface area contributed by atoms with Gasteiger partial charge in [0.1, 0.15) is 6.00 Å². The predicted octanol–water partition coefficient (Wildman–Crippen LogP) is 0.510. The van der Waals surface area contributed by atoms with Crippen molar-refractivity contribution in [3.05, 3.63) is 9.67 Å². The molecule has 0 bridgehead atoms. The van der Waals surface area contributed by atoms with Gasteiger partial charge in [0, 0.05) is 0 Å². The molecule has 0 saturated carbocycles. The van der Waals surface area contributed by atoms with Crippen LogP contribution in [-0.2, 0) is 6.00 Å². The normalized spacial score (nSPS) is 9.80. The topological polar surface area (TPSA) is 44.1 Å². The molecule has 6 heteroatoms. The van der Waals surface area contributed by atoms with Crippen LogP contribution in [0.25, 0.3) is 0 Å². The summed E-state index contributed by atoms with van der Waals surface area (Å²) in [4.78, 5) is 10.6. The maximum Gasteiger partial charge on any atom is 0.329 e. The van der Waals surface area contributed by atoms with E-state index in [4.69, 9.17) is 16.3 Å². The molecular formula is C4H5ClN2O2S. The van der Waals surface area contributed by atoms with Crippen molar-refractivity contribution in [3.63, 3.8) is 0 Å². The van der Waals surface area contributed by atoms with Crippen LogP contribution in [0, 0.1) is 0 Å². The SMILES string of the molecule is COc1nn(CCl)c(=O)s1. The van der Waals surface area contributed by atoms with Gasteiger partial charge in [0.2, 0.25) is 0 Å². The summed E-state index contributed by atoms with van der Waals surface area (Å²) in [6, 6.07) is 0.0681. The Kier molecular flexibility index (Phi) is 2.29. The van der Waals surface area contributed by atoms with E-state index in [1.807, 2.05) is 0 Å². The molecule has 0 spiro atoms. The fourth-order valence-electron chi connectivity index (χ4n) is 0.445. The quantitative estimate of drug-likeness (QED) is 0.623. The summed E-state index contributed by atoms with van der Waals surface area (Å²) in [5.41, 5.74) is 0. The Morgan fingerprint density at radius 3 is 2.90 bits per heavy atom. The van der Waals surface area contributed by atoms with Gasteiger partial charge in [0.05, 0.1) is 7.11 Å². The van der Waals surface area contributed by atoms with E-state index in [2.05, 4.69) is 5.10 Å². The summed E-state index contributed by atoms with van der Waals surface area (Å²) in [6.45, 7) is 0. The number of ether oxygens (including phenoxy) is 1. The van der Waals surface area contributed by atoms with Crippen molar-refractivity contribution in [2.45, 2.75) is 6.00 Å². The Balaban J connectivity index is 3.04. The Morgan fingerprint density at radius 1 is 1.90 bits per heavy atom. The van der Waals surface area contributed by atoms with Crippen molar-refractivity contribution in [1.82, 2.24) is 9.78 Å². The molecule has 0 aliphatic carbocycles. The molecule has 0 aliphatic rings. The van der Waals surface area contributed by atoms with E-state index in [0.717, 1.165) is 16.0 Å². The second-order valence-corrected chi connectivity index (χ2v) is 2.60. The lowest BCUT2D eigenvalue weighted by atomic mass is 11.2. The molecule has 0 amide bonds. The standard InChI is InChI=1S/C4H5ClN2O2S/c1-9-3-6-7(2-5)4(8)10-3/h2H2,1H3. The lowest BCUT2D eigenvalue weighted by Gasteiger charge is -1.87. The van der Waals surface area contributed by atoms with E-state index >= 15 is 0 Å². The minimum absolute atomic E-state index is 0.0681. The van der Waals surface area contributed by atoms with E-state index in [0.29, 0.717) is 5.19 Å². The number of methoxy groups -OCH3 is 1. The zero-order chi connectivity index (χ0) is 7.56. The number of alkyl halides is 1.